The Balaban J connectivity index is 1.42. The number of ether oxygens (including phenoxy) is 1. The van der Waals surface area contributed by atoms with Gasteiger partial charge in [-0.05, 0) is 68.7 Å². The smallest absolute Gasteiger partial charge is 0.227 e. The molecule has 0 saturated carbocycles. The van der Waals surface area contributed by atoms with Crippen LogP contribution in [0.3, 0.4) is 0 Å². The molecule has 0 spiro atoms. The van der Waals surface area contributed by atoms with Crippen LogP contribution in [0.15, 0.2) is 48.5 Å². The fourth-order valence-electron chi connectivity index (χ4n) is 4.28. The second-order valence-electron chi connectivity index (χ2n) is 8.39. The Labute approximate surface area is 194 Å². The van der Waals surface area contributed by atoms with Gasteiger partial charge < -0.3 is 20.3 Å². The summed E-state index contributed by atoms with van der Waals surface area (Å²) < 4.78 is 5.62. The van der Waals surface area contributed by atoms with Gasteiger partial charge in [0.1, 0.15) is 11.6 Å². The van der Waals surface area contributed by atoms with Gasteiger partial charge in [-0.25, -0.2) is 4.98 Å². The van der Waals surface area contributed by atoms with E-state index in [4.69, 9.17) is 9.72 Å². The van der Waals surface area contributed by atoms with Crippen molar-refractivity contribution in [3.63, 3.8) is 0 Å². The summed E-state index contributed by atoms with van der Waals surface area (Å²) in [5.74, 6) is 1.52. The Bertz CT molecular complexity index is 1170. The Kier molecular flexibility index (Phi) is 6.77. The number of aromatic nitrogens is 1. The maximum Gasteiger partial charge on any atom is 0.227 e. The molecule has 1 aliphatic rings. The topological polar surface area (TPSA) is 83.6 Å². The normalized spacial score (nSPS) is 14.2. The van der Waals surface area contributed by atoms with Crippen molar-refractivity contribution in [1.82, 2.24) is 4.98 Å². The zero-order chi connectivity index (χ0) is 23.4. The highest BCUT2D eigenvalue weighted by atomic mass is 16.5. The number of carbonyl (C=O) groups excluding carboxylic acids is 2. The molecule has 7 nitrogen and oxygen atoms in total. The van der Waals surface area contributed by atoms with Gasteiger partial charge in [0, 0.05) is 37.0 Å². The molecule has 0 bridgehead atoms. The molecule has 2 amide bonds. The van der Waals surface area contributed by atoms with E-state index in [0.29, 0.717) is 12.4 Å². The molecule has 172 valence electrons. The number of nitrogens with one attached hydrogen (secondary N) is 2. The predicted octanol–water partition coefficient (Wildman–Crippen LogP) is 4.76. The Hall–Kier alpha value is -3.61. The highest BCUT2D eigenvalue weighted by Gasteiger charge is 2.26. The van der Waals surface area contributed by atoms with Crippen molar-refractivity contribution >= 4 is 39.9 Å². The lowest BCUT2D eigenvalue weighted by Gasteiger charge is -2.32. The molecular formula is C26H30N4O3. The average Bonchev–Trinajstić information content (AvgIpc) is 2.80. The number of para-hydroxylation sites is 2. The zero-order valence-electron chi connectivity index (χ0n) is 19.4. The molecule has 3 aromatic rings. The van der Waals surface area contributed by atoms with Crippen LogP contribution in [0.5, 0.6) is 5.75 Å². The van der Waals surface area contributed by atoms with Gasteiger partial charge in [0.2, 0.25) is 11.8 Å². The van der Waals surface area contributed by atoms with Crippen molar-refractivity contribution in [2.24, 2.45) is 5.92 Å². The molecule has 2 N–H and O–H groups in total. The van der Waals surface area contributed by atoms with Gasteiger partial charge in [0.25, 0.3) is 0 Å². The minimum atomic E-state index is -0.0927. The van der Waals surface area contributed by atoms with Gasteiger partial charge in [-0.15, -0.1) is 0 Å². The van der Waals surface area contributed by atoms with Crippen molar-refractivity contribution in [2.75, 3.05) is 35.2 Å². The summed E-state index contributed by atoms with van der Waals surface area (Å²) in [6.07, 6.45) is 1.53. The predicted molar refractivity (Wildman–Crippen MR) is 132 cm³/mol. The lowest BCUT2D eigenvalue weighted by molar-refractivity contribution is -0.120. The number of rotatable bonds is 6. The molecule has 7 heteroatoms. The molecule has 0 aliphatic carbocycles. The van der Waals surface area contributed by atoms with Crippen LogP contribution in [-0.4, -0.2) is 36.5 Å². The van der Waals surface area contributed by atoms with E-state index >= 15 is 0 Å². The molecular weight excluding hydrogens is 416 g/mol. The summed E-state index contributed by atoms with van der Waals surface area (Å²) in [4.78, 5) is 31.3. The van der Waals surface area contributed by atoms with E-state index in [-0.39, 0.29) is 17.7 Å². The molecule has 2 aromatic carbocycles. The van der Waals surface area contributed by atoms with Gasteiger partial charge in [0.05, 0.1) is 17.8 Å². The third-order valence-corrected chi connectivity index (χ3v) is 5.96. The van der Waals surface area contributed by atoms with Crippen LogP contribution < -0.4 is 20.3 Å². The monoisotopic (exact) mass is 446 g/mol. The fraction of sp³-hybridized carbons (Fsp3) is 0.346. The fourth-order valence-corrected chi connectivity index (χ4v) is 4.28. The summed E-state index contributed by atoms with van der Waals surface area (Å²) in [7, 11) is 0. The average molecular weight is 447 g/mol. The third kappa shape index (κ3) is 5.25. The molecule has 0 atom stereocenters. The molecule has 1 aromatic heterocycles. The van der Waals surface area contributed by atoms with Gasteiger partial charge in [-0.2, -0.15) is 0 Å². The van der Waals surface area contributed by atoms with Gasteiger partial charge in [-0.3, -0.25) is 9.59 Å². The number of piperidine rings is 1. The van der Waals surface area contributed by atoms with E-state index in [9.17, 15) is 9.59 Å². The maximum atomic E-state index is 12.9. The van der Waals surface area contributed by atoms with Gasteiger partial charge >= 0.3 is 0 Å². The van der Waals surface area contributed by atoms with Crippen LogP contribution >= 0.6 is 0 Å². The first kappa shape index (κ1) is 22.6. The second-order valence-corrected chi connectivity index (χ2v) is 8.39. The van der Waals surface area contributed by atoms with Crippen molar-refractivity contribution in [3.05, 3.63) is 54.1 Å². The van der Waals surface area contributed by atoms with E-state index in [1.807, 2.05) is 49.4 Å². The summed E-state index contributed by atoms with van der Waals surface area (Å²) in [6.45, 7) is 7.58. The Morgan fingerprint density at radius 3 is 2.58 bits per heavy atom. The van der Waals surface area contributed by atoms with Crippen molar-refractivity contribution in [3.8, 4) is 5.75 Å². The number of carbonyl (C=O) groups is 2. The van der Waals surface area contributed by atoms with Crippen LogP contribution in [-0.2, 0) is 9.59 Å². The number of hydrogen-bond acceptors (Lipinski definition) is 5. The van der Waals surface area contributed by atoms with Gasteiger partial charge in [0.15, 0.2) is 0 Å². The molecule has 1 aliphatic heterocycles. The molecule has 1 saturated heterocycles. The lowest BCUT2D eigenvalue weighted by atomic mass is 9.95. The first-order chi connectivity index (χ1) is 15.9. The van der Waals surface area contributed by atoms with Crippen LogP contribution in [0.2, 0.25) is 0 Å². The summed E-state index contributed by atoms with van der Waals surface area (Å²) in [6, 6.07) is 15.4. The number of anilines is 3. The first-order valence-corrected chi connectivity index (χ1v) is 11.4. The highest BCUT2D eigenvalue weighted by molar-refractivity contribution is 5.95. The van der Waals surface area contributed by atoms with E-state index in [2.05, 4.69) is 28.5 Å². The first-order valence-electron chi connectivity index (χ1n) is 11.4. The van der Waals surface area contributed by atoms with Gasteiger partial charge in [-0.1, -0.05) is 12.1 Å². The van der Waals surface area contributed by atoms with Crippen LogP contribution in [0, 0.1) is 12.8 Å². The van der Waals surface area contributed by atoms with E-state index in [0.717, 1.165) is 59.6 Å². The van der Waals surface area contributed by atoms with Crippen molar-refractivity contribution in [2.45, 2.75) is 33.6 Å². The number of pyridine rings is 1. The van der Waals surface area contributed by atoms with Crippen molar-refractivity contribution in [1.29, 1.82) is 0 Å². The molecule has 1 fully saturated rings. The molecule has 0 radical (unpaired) electrons. The zero-order valence-corrected chi connectivity index (χ0v) is 19.4. The Morgan fingerprint density at radius 1 is 1.09 bits per heavy atom. The highest BCUT2D eigenvalue weighted by Crippen LogP contribution is 2.30. The number of amides is 2. The number of nitrogens with zero attached hydrogens (tertiary/aromatic N) is 2. The minimum absolute atomic E-state index is 0.0370. The molecule has 33 heavy (non-hydrogen) atoms. The number of fused-ring (bicyclic) bond motifs is 1. The minimum Gasteiger partial charge on any atom is -0.492 e. The van der Waals surface area contributed by atoms with E-state index in [1.54, 1.807) is 0 Å². The van der Waals surface area contributed by atoms with E-state index < -0.39 is 0 Å². The van der Waals surface area contributed by atoms with Crippen LogP contribution in [0.4, 0.5) is 17.2 Å². The number of benzene rings is 2. The summed E-state index contributed by atoms with van der Waals surface area (Å²) in [5.41, 5.74) is 3.49. The van der Waals surface area contributed by atoms with Crippen LogP contribution in [0.1, 0.15) is 32.3 Å². The quantitative estimate of drug-likeness (QED) is 0.571. The third-order valence-electron chi connectivity index (χ3n) is 5.96. The summed E-state index contributed by atoms with van der Waals surface area (Å²) >= 11 is 0. The molecule has 2 heterocycles. The van der Waals surface area contributed by atoms with Crippen molar-refractivity contribution < 1.29 is 14.3 Å². The molecule has 4 rings (SSSR count). The largest absolute Gasteiger partial charge is 0.492 e. The lowest BCUT2D eigenvalue weighted by Crippen LogP contribution is -2.38. The summed E-state index contributed by atoms with van der Waals surface area (Å²) in [5, 5.41) is 6.89. The standard InChI is InChI=1S/C26H30N4O3/c1-4-33-24-8-6-5-7-23(24)29-26(32)19-11-13-30(14-12-19)25-15-17(2)21-16-20(27-18(3)31)9-10-22(21)28-25/h5-10,15-16,19H,4,11-14H2,1-3H3,(H,27,31)(H,29,32). The number of hydrogen-bond donors (Lipinski definition) is 2. The second kappa shape index (κ2) is 9.90. The van der Waals surface area contributed by atoms with Crippen LogP contribution in [0.25, 0.3) is 10.9 Å². The Morgan fingerprint density at radius 2 is 1.85 bits per heavy atom. The van der Waals surface area contributed by atoms with E-state index in [1.165, 1.54) is 6.92 Å². The molecule has 0 unspecified atom stereocenters. The SMILES string of the molecule is CCOc1ccccc1NC(=O)C1CCN(c2cc(C)c3cc(NC(C)=O)ccc3n2)CC1. The number of aryl methyl sites for hydroxylation is 1. The maximum absolute atomic E-state index is 12.9.